The second-order valence-electron chi connectivity index (χ2n) is 7.82. The summed E-state index contributed by atoms with van der Waals surface area (Å²) in [6.45, 7) is 1.09. The van der Waals surface area contributed by atoms with Crippen molar-refractivity contribution >= 4 is 17.5 Å². The van der Waals surface area contributed by atoms with Crippen LogP contribution in [0.5, 0.6) is 5.75 Å². The predicted octanol–water partition coefficient (Wildman–Crippen LogP) is 3.52. The van der Waals surface area contributed by atoms with E-state index in [1.54, 1.807) is 0 Å². The zero-order valence-corrected chi connectivity index (χ0v) is 17.3. The van der Waals surface area contributed by atoms with E-state index in [2.05, 4.69) is 32.5 Å². The van der Waals surface area contributed by atoms with E-state index < -0.39 is 23.0 Å². The summed E-state index contributed by atoms with van der Waals surface area (Å²) in [4.78, 5) is 23.6. The highest BCUT2D eigenvalue weighted by Gasteiger charge is 2.27. The lowest BCUT2D eigenvalue weighted by Crippen LogP contribution is -2.37. The molecule has 0 saturated heterocycles. The van der Waals surface area contributed by atoms with Gasteiger partial charge in [0.05, 0.1) is 12.7 Å². The van der Waals surface area contributed by atoms with E-state index in [1.807, 2.05) is 0 Å². The first kappa shape index (κ1) is 21.0. The van der Waals surface area contributed by atoms with Crippen LogP contribution in [0.1, 0.15) is 48.0 Å². The minimum absolute atomic E-state index is 0.0879. The van der Waals surface area contributed by atoms with Gasteiger partial charge in [-0.3, -0.25) is 4.79 Å². The number of nitrogens with two attached hydrogens (primary N) is 1. The van der Waals surface area contributed by atoms with Gasteiger partial charge in [-0.1, -0.05) is 6.08 Å². The van der Waals surface area contributed by atoms with Gasteiger partial charge in [0, 0.05) is 24.8 Å². The highest BCUT2D eigenvalue weighted by molar-refractivity contribution is 6.13. The highest BCUT2D eigenvalue weighted by Crippen LogP contribution is 2.29. The standard InChI is InChI=1S/C22H25F2N5O2/c1-31-17-9-8-16(23)19(24)18(17)20(30)15-12-26-22(28-21(15)25)27-13-4-6-14(7-5-13)29-10-2-3-11-29/h2,8-10,12-14H,3-7,11H2,1H3,(H3,25,26,27,28). The van der Waals surface area contributed by atoms with Crippen LogP contribution in [0, 0.1) is 11.6 Å². The molecule has 1 aliphatic heterocycles. The fraction of sp³-hybridized carbons (Fsp3) is 0.409. The van der Waals surface area contributed by atoms with Gasteiger partial charge >= 0.3 is 0 Å². The Kier molecular flexibility index (Phi) is 6.01. The summed E-state index contributed by atoms with van der Waals surface area (Å²) < 4.78 is 32.9. The maximum absolute atomic E-state index is 14.3. The molecule has 2 heterocycles. The molecule has 9 heteroatoms. The Morgan fingerprint density at radius 2 is 2.03 bits per heavy atom. The molecule has 0 radical (unpaired) electrons. The number of hydrogen-bond acceptors (Lipinski definition) is 7. The third-order valence-electron chi connectivity index (χ3n) is 5.92. The summed E-state index contributed by atoms with van der Waals surface area (Å²) in [6, 6.07) is 2.86. The van der Waals surface area contributed by atoms with Gasteiger partial charge in [-0.15, -0.1) is 0 Å². The first-order valence-corrected chi connectivity index (χ1v) is 10.4. The van der Waals surface area contributed by atoms with Crippen molar-refractivity contribution in [3.8, 4) is 5.75 Å². The number of nitrogen functional groups attached to an aromatic ring is 1. The third kappa shape index (κ3) is 4.30. The van der Waals surface area contributed by atoms with E-state index >= 15 is 0 Å². The SMILES string of the molecule is COc1ccc(F)c(F)c1C(=O)c1cnc(NC2CCC(N3C=CCC3)CC2)nc1N. The molecule has 3 N–H and O–H groups in total. The number of methoxy groups -OCH3 is 1. The predicted molar refractivity (Wildman–Crippen MR) is 113 cm³/mol. The maximum Gasteiger partial charge on any atom is 0.224 e. The van der Waals surface area contributed by atoms with Crippen LogP contribution in [0.4, 0.5) is 20.5 Å². The van der Waals surface area contributed by atoms with E-state index in [-0.39, 0.29) is 23.2 Å². The molecule has 31 heavy (non-hydrogen) atoms. The molecule has 1 aromatic heterocycles. The fourth-order valence-corrected chi connectivity index (χ4v) is 4.24. The number of nitrogens with zero attached hydrogens (tertiary/aromatic N) is 3. The van der Waals surface area contributed by atoms with Crippen LogP contribution in [0.3, 0.4) is 0 Å². The summed E-state index contributed by atoms with van der Waals surface area (Å²) in [7, 11) is 1.27. The number of ether oxygens (including phenoxy) is 1. The Morgan fingerprint density at radius 3 is 2.68 bits per heavy atom. The van der Waals surface area contributed by atoms with Gasteiger partial charge in [-0.05, 0) is 50.4 Å². The second-order valence-corrected chi connectivity index (χ2v) is 7.82. The third-order valence-corrected chi connectivity index (χ3v) is 5.92. The number of halogens is 2. The van der Waals surface area contributed by atoms with Gasteiger partial charge in [0.25, 0.3) is 0 Å². The number of carbonyl (C=O) groups excluding carboxylic acids is 1. The van der Waals surface area contributed by atoms with E-state index in [4.69, 9.17) is 10.5 Å². The molecule has 1 saturated carbocycles. The molecule has 0 bridgehead atoms. The first-order chi connectivity index (χ1) is 15.0. The van der Waals surface area contributed by atoms with Crippen molar-refractivity contribution < 1.29 is 18.3 Å². The Morgan fingerprint density at radius 1 is 1.26 bits per heavy atom. The molecule has 4 rings (SSSR count). The fourth-order valence-electron chi connectivity index (χ4n) is 4.24. The van der Waals surface area contributed by atoms with Crippen LogP contribution in [-0.4, -0.2) is 46.4 Å². The van der Waals surface area contributed by atoms with Crippen molar-refractivity contribution in [3.05, 3.63) is 53.4 Å². The molecule has 0 unspecified atom stereocenters. The molecule has 2 aliphatic rings. The molecule has 164 valence electrons. The van der Waals surface area contributed by atoms with Crippen LogP contribution in [-0.2, 0) is 0 Å². The van der Waals surface area contributed by atoms with Crippen molar-refractivity contribution in [2.45, 2.75) is 44.2 Å². The Bertz CT molecular complexity index is 1010. The zero-order valence-electron chi connectivity index (χ0n) is 17.3. The molecule has 1 aliphatic carbocycles. The van der Waals surface area contributed by atoms with E-state index in [0.29, 0.717) is 12.0 Å². The average Bonchev–Trinajstić information content (AvgIpc) is 3.31. The van der Waals surface area contributed by atoms with Crippen LogP contribution in [0.15, 0.2) is 30.6 Å². The van der Waals surface area contributed by atoms with E-state index in [9.17, 15) is 13.6 Å². The number of anilines is 2. The average molecular weight is 429 g/mol. The molecule has 2 aromatic rings. The largest absolute Gasteiger partial charge is 0.496 e. The monoisotopic (exact) mass is 429 g/mol. The van der Waals surface area contributed by atoms with Crippen LogP contribution >= 0.6 is 0 Å². The van der Waals surface area contributed by atoms with Crippen molar-refractivity contribution in [3.63, 3.8) is 0 Å². The van der Waals surface area contributed by atoms with Gasteiger partial charge in [0.15, 0.2) is 11.6 Å². The number of benzene rings is 1. The molecule has 0 spiro atoms. The van der Waals surface area contributed by atoms with Crippen LogP contribution in [0.25, 0.3) is 0 Å². The normalized spacial score (nSPS) is 20.7. The molecular weight excluding hydrogens is 404 g/mol. The zero-order chi connectivity index (χ0) is 22.0. The van der Waals surface area contributed by atoms with Crippen LogP contribution < -0.4 is 15.8 Å². The van der Waals surface area contributed by atoms with Gasteiger partial charge in [0.1, 0.15) is 17.1 Å². The molecule has 1 fully saturated rings. The number of nitrogens with one attached hydrogen (secondary N) is 1. The van der Waals surface area contributed by atoms with Gasteiger partial charge in [-0.25, -0.2) is 13.8 Å². The molecule has 0 amide bonds. The van der Waals surface area contributed by atoms with Gasteiger partial charge in [0.2, 0.25) is 11.7 Å². The summed E-state index contributed by atoms with van der Waals surface area (Å²) in [5.41, 5.74) is 5.32. The molecule has 7 nitrogen and oxygen atoms in total. The van der Waals surface area contributed by atoms with Gasteiger partial charge in [-0.2, -0.15) is 4.98 Å². The number of carbonyl (C=O) groups is 1. The molecule has 0 atom stereocenters. The summed E-state index contributed by atoms with van der Waals surface area (Å²) in [5.74, 6) is -3.17. The van der Waals surface area contributed by atoms with E-state index in [1.165, 1.54) is 19.4 Å². The Hall–Kier alpha value is -3.23. The topological polar surface area (TPSA) is 93.4 Å². The molecule has 1 aromatic carbocycles. The maximum atomic E-state index is 14.3. The van der Waals surface area contributed by atoms with Gasteiger partial charge < -0.3 is 20.7 Å². The van der Waals surface area contributed by atoms with Crippen molar-refractivity contribution in [2.75, 3.05) is 24.7 Å². The lowest BCUT2D eigenvalue weighted by molar-refractivity contribution is 0.103. The number of hydrogen-bond donors (Lipinski definition) is 2. The minimum Gasteiger partial charge on any atom is -0.496 e. The lowest BCUT2D eigenvalue weighted by atomic mass is 9.90. The van der Waals surface area contributed by atoms with Crippen LogP contribution in [0.2, 0.25) is 0 Å². The minimum atomic E-state index is -1.30. The number of rotatable bonds is 6. The Balaban J connectivity index is 1.45. The summed E-state index contributed by atoms with van der Waals surface area (Å²) in [5, 5.41) is 3.27. The second kappa shape index (κ2) is 8.87. The van der Waals surface area contributed by atoms with Crippen molar-refractivity contribution in [1.29, 1.82) is 0 Å². The highest BCUT2D eigenvalue weighted by atomic mass is 19.2. The lowest BCUT2D eigenvalue weighted by Gasteiger charge is -2.35. The van der Waals surface area contributed by atoms with Crippen molar-refractivity contribution in [2.24, 2.45) is 0 Å². The first-order valence-electron chi connectivity index (χ1n) is 10.4. The molecular formula is C22H25F2N5O2. The summed E-state index contributed by atoms with van der Waals surface area (Å²) >= 11 is 0. The summed E-state index contributed by atoms with van der Waals surface area (Å²) in [6.07, 6.45) is 10.8. The van der Waals surface area contributed by atoms with Crippen molar-refractivity contribution in [1.82, 2.24) is 14.9 Å². The Labute approximate surface area is 179 Å². The smallest absolute Gasteiger partial charge is 0.224 e. The quantitative estimate of drug-likeness (QED) is 0.679. The van der Waals surface area contributed by atoms with E-state index in [0.717, 1.165) is 44.7 Å². The number of aromatic nitrogens is 2. The number of ketones is 1.